The molecule has 0 radical (unpaired) electrons. The molecule has 0 spiro atoms. The van der Waals surface area contributed by atoms with Gasteiger partial charge in [-0.3, -0.25) is 14.5 Å². The zero-order valence-corrected chi connectivity index (χ0v) is 15.9. The van der Waals surface area contributed by atoms with Gasteiger partial charge in [-0.15, -0.1) is 0 Å². The minimum Gasteiger partial charge on any atom is -0.483 e. The second-order valence-electron chi connectivity index (χ2n) is 6.52. The van der Waals surface area contributed by atoms with Crippen molar-refractivity contribution in [1.82, 2.24) is 24.6 Å². The van der Waals surface area contributed by atoms with E-state index in [1.54, 1.807) is 23.5 Å². The van der Waals surface area contributed by atoms with Crippen LogP contribution in [0.3, 0.4) is 0 Å². The monoisotopic (exact) mass is 397 g/mol. The number of aromatic nitrogens is 3. The fourth-order valence-corrected chi connectivity index (χ4v) is 3.33. The van der Waals surface area contributed by atoms with Gasteiger partial charge in [0, 0.05) is 38.3 Å². The Morgan fingerprint density at radius 2 is 2.00 bits per heavy atom. The first-order valence-corrected chi connectivity index (χ1v) is 9.27. The van der Waals surface area contributed by atoms with Gasteiger partial charge in [0.05, 0.1) is 23.8 Å². The summed E-state index contributed by atoms with van der Waals surface area (Å²) in [4.78, 5) is 29.8. The summed E-state index contributed by atoms with van der Waals surface area (Å²) in [6.45, 7) is 3.89. The van der Waals surface area contributed by atoms with Crippen LogP contribution in [0.1, 0.15) is 22.3 Å². The molecule has 1 aliphatic heterocycles. The van der Waals surface area contributed by atoms with Gasteiger partial charge in [0.15, 0.2) is 0 Å². The van der Waals surface area contributed by atoms with Crippen LogP contribution in [0.25, 0.3) is 5.69 Å². The predicted octanol–water partition coefficient (Wildman–Crippen LogP) is 1.91. The third-order valence-corrected chi connectivity index (χ3v) is 4.66. The summed E-state index contributed by atoms with van der Waals surface area (Å²) < 4.78 is 6.78. The van der Waals surface area contributed by atoms with Gasteiger partial charge in [-0.05, 0) is 24.6 Å². The molecule has 9 nitrogen and oxygen atoms in total. The molecule has 1 aliphatic rings. The van der Waals surface area contributed by atoms with Crippen LogP contribution in [0.5, 0.6) is 0 Å². The highest BCUT2D eigenvalue weighted by molar-refractivity contribution is 5.97. The van der Waals surface area contributed by atoms with Crippen molar-refractivity contribution >= 4 is 12.4 Å². The SMILES string of the molecule is O=C(c1ccccc1-n1cncn1)N1CCCN(Cc2ccoc2)CC1.O=CO. The van der Waals surface area contributed by atoms with Gasteiger partial charge < -0.3 is 14.4 Å². The van der Waals surface area contributed by atoms with Gasteiger partial charge in [-0.1, -0.05) is 12.1 Å². The topological polar surface area (TPSA) is 105 Å². The molecular formula is C20H23N5O4. The fourth-order valence-electron chi connectivity index (χ4n) is 3.33. The Labute approximate surface area is 168 Å². The molecular weight excluding hydrogens is 374 g/mol. The van der Waals surface area contributed by atoms with Crippen molar-refractivity contribution in [3.8, 4) is 5.69 Å². The molecule has 0 bridgehead atoms. The van der Waals surface area contributed by atoms with Gasteiger partial charge in [-0.2, -0.15) is 5.10 Å². The molecule has 152 valence electrons. The summed E-state index contributed by atoms with van der Waals surface area (Å²) in [5.74, 6) is 0.0428. The van der Waals surface area contributed by atoms with Crippen molar-refractivity contribution in [3.05, 3.63) is 66.6 Å². The number of nitrogens with zero attached hydrogens (tertiary/aromatic N) is 5. The van der Waals surface area contributed by atoms with Crippen molar-refractivity contribution in [1.29, 1.82) is 0 Å². The maximum absolute atomic E-state index is 13.1. The summed E-state index contributed by atoms with van der Waals surface area (Å²) in [5.41, 5.74) is 2.58. The van der Waals surface area contributed by atoms with E-state index in [4.69, 9.17) is 14.3 Å². The van der Waals surface area contributed by atoms with E-state index in [0.29, 0.717) is 12.1 Å². The van der Waals surface area contributed by atoms with E-state index in [9.17, 15) is 4.79 Å². The lowest BCUT2D eigenvalue weighted by molar-refractivity contribution is -0.122. The zero-order valence-electron chi connectivity index (χ0n) is 15.9. The van der Waals surface area contributed by atoms with Crippen LogP contribution in [0.2, 0.25) is 0 Å². The van der Waals surface area contributed by atoms with Gasteiger partial charge in [0.1, 0.15) is 12.7 Å². The molecule has 1 aromatic carbocycles. The number of furan rings is 1. The smallest absolute Gasteiger partial charge is 0.290 e. The highest BCUT2D eigenvalue weighted by atomic mass is 16.3. The summed E-state index contributed by atoms with van der Waals surface area (Å²) in [5, 5.41) is 11.1. The number of carboxylic acid groups (broad SMARTS) is 1. The van der Waals surface area contributed by atoms with Crippen molar-refractivity contribution in [2.45, 2.75) is 13.0 Å². The normalized spacial score (nSPS) is 14.6. The number of hydrogen-bond donors (Lipinski definition) is 1. The van der Waals surface area contributed by atoms with Crippen LogP contribution in [0.15, 0.2) is 59.9 Å². The Morgan fingerprint density at radius 1 is 1.17 bits per heavy atom. The Hall–Kier alpha value is -3.46. The number of carbonyl (C=O) groups excluding carboxylic acids is 1. The maximum Gasteiger partial charge on any atom is 0.290 e. The minimum absolute atomic E-state index is 0.0428. The Balaban J connectivity index is 0.000000755. The van der Waals surface area contributed by atoms with Crippen molar-refractivity contribution in [2.24, 2.45) is 0 Å². The number of amides is 1. The first kappa shape index (κ1) is 20.3. The Morgan fingerprint density at radius 3 is 2.72 bits per heavy atom. The van der Waals surface area contributed by atoms with Crippen molar-refractivity contribution in [2.75, 3.05) is 26.2 Å². The molecule has 3 heterocycles. The van der Waals surface area contributed by atoms with E-state index in [0.717, 1.165) is 38.3 Å². The summed E-state index contributed by atoms with van der Waals surface area (Å²) in [6, 6.07) is 9.53. The third kappa shape index (κ3) is 5.29. The van der Waals surface area contributed by atoms with E-state index >= 15 is 0 Å². The largest absolute Gasteiger partial charge is 0.483 e. The second kappa shape index (κ2) is 10.2. The minimum atomic E-state index is -0.250. The number of rotatable bonds is 4. The van der Waals surface area contributed by atoms with E-state index in [-0.39, 0.29) is 12.4 Å². The molecule has 3 aromatic rings. The van der Waals surface area contributed by atoms with Gasteiger partial charge >= 0.3 is 0 Å². The molecule has 0 aliphatic carbocycles. The molecule has 1 N–H and O–H groups in total. The highest BCUT2D eigenvalue weighted by Crippen LogP contribution is 2.17. The van der Waals surface area contributed by atoms with Gasteiger partial charge in [0.25, 0.3) is 12.4 Å². The first-order valence-electron chi connectivity index (χ1n) is 9.27. The van der Waals surface area contributed by atoms with Crippen LogP contribution in [0, 0.1) is 0 Å². The standard InChI is InChI=1S/C19H21N5O2.CH2O2/c25-19(17-4-1-2-5-18(17)24-15-20-14-21-24)23-8-3-7-22(9-10-23)12-16-6-11-26-13-16;2-1-3/h1-2,4-6,11,13-15H,3,7-10,12H2;1H,(H,2,3). The van der Waals surface area contributed by atoms with Crippen molar-refractivity contribution < 1.29 is 19.1 Å². The average Bonchev–Trinajstić information content (AvgIpc) is 3.40. The zero-order chi connectivity index (χ0) is 20.5. The fraction of sp³-hybridized carbons (Fsp3) is 0.300. The van der Waals surface area contributed by atoms with E-state index in [1.165, 1.54) is 11.9 Å². The van der Waals surface area contributed by atoms with Crippen molar-refractivity contribution in [3.63, 3.8) is 0 Å². The number of hydrogen-bond acceptors (Lipinski definition) is 6. The van der Waals surface area contributed by atoms with E-state index in [2.05, 4.69) is 15.0 Å². The molecule has 1 saturated heterocycles. The van der Waals surface area contributed by atoms with E-state index in [1.807, 2.05) is 35.2 Å². The number of carbonyl (C=O) groups is 2. The molecule has 2 aromatic heterocycles. The molecule has 1 amide bonds. The Bertz CT molecular complexity index is 896. The second-order valence-corrected chi connectivity index (χ2v) is 6.52. The third-order valence-electron chi connectivity index (χ3n) is 4.66. The van der Waals surface area contributed by atoms with Crippen LogP contribution in [0.4, 0.5) is 0 Å². The molecule has 0 unspecified atom stereocenters. The van der Waals surface area contributed by atoms with E-state index < -0.39 is 0 Å². The average molecular weight is 397 g/mol. The summed E-state index contributed by atoms with van der Waals surface area (Å²) in [7, 11) is 0. The lowest BCUT2D eigenvalue weighted by Crippen LogP contribution is -2.35. The molecule has 9 heteroatoms. The molecule has 0 saturated carbocycles. The molecule has 4 rings (SSSR count). The van der Waals surface area contributed by atoms with Gasteiger partial charge in [-0.25, -0.2) is 9.67 Å². The highest BCUT2D eigenvalue weighted by Gasteiger charge is 2.23. The summed E-state index contributed by atoms with van der Waals surface area (Å²) >= 11 is 0. The van der Waals surface area contributed by atoms with Crippen LogP contribution in [-0.2, 0) is 11.3 Å². The molecule has 29 heavy (non-hydrogen) atoms. The quantitative estimate of drug-likeness (QED) is 0.671. The first-order chi connectivity index (χ1) is 14.2. The van der Waals surface area contributed by atoms with Gasteiger partial charge in [0.2, 0.25) is 0 Å². The lowest BCUT2D eigenvalue weighted by atomic mass is 10.1. The summed E-state index contributed by atoms with van der Waals surface area (Å²) in [6.07, 6.45) is 7.52. The van der Waals surface area contributed by atoms with Crippen LogP contribution >= 0.6 is 0 Å². The maximum atomic E-state index is 13.1. The molecule has 0 atom stereocenters. The predicted molar refractivity (Wildman–Crippen MR) is 105 cm³/mol. The lowest BCUT2D eigenvalue weighted by Gasteiger charge is -2.22. The Kier molecular flexibility index (Phi) is 7.12. The van der Waals surface area contributed by atoms with Crippen LogP contribution < -0.4 is 0 Å². The van der Waals surface area contributed by atoms with Crippen LogP contribution in [-0.4, -0.2) is 68.2 Å². The number of benzene rings is 1. The molecule has 1 fully saturated rings. The number of para-hydroxylation sites is 1.